The SMILES string of the molecule is CN1CCCOc2ccc(cn2)-c2ccnc(c2)Nc2cccc(c2)CN2CCN(CC1)CC2. The first-order valence-electron chi connectivity index (χ1n) is 12.3. The molecule has 7 heterocycles. The van der Waals surface area contributed by atoms with Gasteiger partial charge in [-0.15, -0.1) is 0 Å². The molecule has 0 aliphatic carbocycles. The van der Waals surface area contributed by atoms with Gasteiger partial charge in [-0.25, -0.2) is 9.97 Å². The Morgan fingerprint density at radius 1 is 0.824 bits per heavy atom. The van der Waals surface area contributed by atoms with Crippen molar-refractivity contribution in [1.82, 2.24) is 24.7 Å². The molecule has 3 aromatic rings. The van der Waals surface area contributed by atoms with Gasteiger partial charge in [0.1, 0.15) is 5.82 Å². The van der Waals surface area contributed by atoms with Crippen molar-refractivity contribution in [1.29, 1.82) is 0 Å². The number of aromatic nitrogens is 2. The smallest absolute Gasteiger partial charge is 0.213 e. The number of ether oxygens (including phenoxy) is 1. The number of nitrogens with zero attached hydrogens (tertiary/aromatic N) is 5. The van der Waals surface area contributed by atoms with E-state index in [1.807, 2.05) is 24.5 Å². The summed E-state index contributed by atoms with van der Waals surface area (Å²) in [4.78, 5) is 16.6. The lowest BCUT2D eigenvalue weighted by atomic mass is 10.1. The molecule has 0 unspecified atom stereocenters. The first kappa shape index (κ1) is 22.8. The number of piperazine rings is 1. The molecule has 0 amide bonds. The third kappa shape index (κ3) is 6.11. The minimum absolute atomic E-state index is 0.673. The largest absolute Gasteiger partial charge is 0.478 e. The predicted octanol–water partition coefficient (Wildman–Crippen LogP) is 3.72. The summed E-state index contributed by atoms with van der Waals surface area (Å²) in [7, 11) is 2.20. The van der Waals surface area contributed by atoms with Crippen LogP contribution in [0.15, 0.2) is 60.9 Å². The Morgan fingerprint density at radius 3 is 2.53 bits per heavy atom. The molecule has 1 N–H and O–H groups in total. The molecule has 7 heteroatoms. The standard InChI is InChI=1S/C27H34N6O/c1-31-10-3-17-34-27-7-6-24(20-29-27)23-8-9-28-26(19-23)30-25-5-2-4-22(18-25)21-33-15-13-32(12-11-31)14-16-33/h2,4-9,18-20H,3,10-17,21H2,1H3,(H,28,30). The van der Waals surface area contributed by atoms with Gasteiger partial charge in [-0.3, -0.25) is 9.80 Å². The Bertz CT molecular complexity index is 1060. The molecule has 5 aliphatic rings. The fourth-order valence-electron chi connectivity index (χ4n) is 4.57. The minimum atomic E-state index is 0.673. The zero-order valence-electron chi connectivity index (χ0n) is 20.0. The topological polar surface area (TPSA) is 56.8 Å². The van der Waals surface area contributed by atoms with Crippen LogP contribution in [0.4, 0.5) is 11.5 Å². The first-order valence-corrected chi connectivity index (χ1v) is 12.3. The summed E-state index contributed by atoms with van der Waals surface area (Å²) < 4.78 is 5.88. The highest BCUT2D eigenvalue weighted by Gasteiger charge is 2.17. The highest BCUT2D eigenvalue weighted by molar-refractivity contribution is 5.68. The van der Waals surface area contributed by atoms with Crippen molar-refractivity contribution >= 4 is 11.5 Å². The summed E-state index contributed by atoms with van der Waals surface area (Å²) >= 11 is 0. The second-order valence-corrected chi connectivity index (χ2v) is 9.26. The highest BCUT2D eigenvalue weighted by Crippen LogP contribution is 2.24. The average molecular weight is 459 g/mol. The van der Waals surface area contributed by atoms with Crippen LogP contribution in [0, 0.1) is 0 Å². The molecule has 1 aromatic carbocycles. The second kappa shape index (κ2) is 11.0. The molecule has 7 nitrogen and oxygen atoms in total. The van der Waals surface area contributed by atoms with Gasteiger partial charge >= 0.3 is 0 Å². The third-order valence-corrected chi connectivity index (χ3v) is 6.63. The normalized spacial score (nSPS) is 22.0. The summed E-state index contributed by atoms with van der Waals surface area (Å²) in [5.41, 5.74) is 4.51. The monoisotopic (exact) mass is 458 g/mol. The van der Waals surface area contributed by atoms with E-state index in [0.717, 1.165) is 81.4 Å². The van der Waals surface area contributed by atoms with Crippen LogP contribution < -0.4 is 10.1 Å². The molecule has 8 bridgehead atoms. The molecule has 0 radical (unpaired) electrons. The van der Waals surface area contributed by atoms with Gasteiger partial charge in [0.15, 0.2) is 0 Å². The summed E-state index contributed by atoms with van der Waals surface area (Å²) in [5, 5.41) is 3.48. The molecule has 0 saturated carbocycles. The van der Waals surface area contributed by atoms with E-state index in [9.17, 15) is 0 Å². The van der Waals surface area contributed by atoms with Gasteiger partial charge in [-0.1, -0.05) is 12.1 Å². The van der Waals surface area contributed by atoms with E-state index in [1.165, 1.54) is 5.56 Å². The van der Waals surface area contributed by atoms with E-state index in [0.29, 0.717) is 12.5 Å². The Balaban J connectivity index is 1.35. The van der Waals surface area contributed by atoms with Gasteiger partial charge in [0.25, 0.3) is 0 Å². The molecular formula is C27H34N6O. The van der Waals surface area contributed by atoms with Crippen LogP contribution in [0.1, 0.15) is 12.0 Å². The van der Waals surface area contributed by atoms with Crippen LogP contribution in [0.2, 0.25) is 0 Å². The molecule has 8 rings (SSSR count). The number of rotatable bonds is 0. The van der Waals surface area contributed by atoms with Crippen LogP contribution in [0.5, 0.6) is 5.88 Å². The number of likely N-dealkylation sites (N-methyl/N-ethyl adjacent to an activating group) is 1. The third-order valence-electron chi connectivity index (χ3n) is 6.63. The van der Waals surface area contributed by atoms with Crippen molar-refractivity contribution in [2.24, 2.45) is 0 Å². The second-order valence-electron chi connectivity index (χ2n) is 9.26. The predicted molar refractivity (Wildman–Crippen MR) is 137 cm³/mol. The molecule has 34 heavy (non-hydrogen) atoms. The lowest BCUT2D eigenvalue weighted by Crippen LogP contribution is -2.47. The number of nitrogens with one attached hydrogen (secondary N) is 1. The molecule has 0 spiro atoms. The zero-order chi connectivity index (χ0) is 23.2. The maximum absolute atomic E-state index is 5.88. The number of pyridine rings is 2. The lowest BCUT2D eigenvalue weighted by molar-refractivity contribution is 0.117. The Kier molecular flexibility index (Phi) is 7.34. The van der Waals surface area contributed by atoms with Crippen molar-refractivity contribution in [2.75, 3.05) is 64.8 Å². The van der Waals surface area contributed by atoms with E-state index in [4.69, 9.17) is 4.74 Å². The number of benzene rings is 1. The molecule has 1 saturated heterocycles. The molecule has 0 atom stereocenters. The molecule has 5 aliphatic heterocycles. The van der Waals surface area contributed by atoms with Crippen molar-refractivity contribution in [3.05, 3.63) is 66.5 Å². The summed E-state index contributed by atoms with van der Waals surface area (Å²) in [6.45, 7) is 9.39. The number of hydrogen-bond acceptors (Lipinski definition) is 7. The molecule has 178 valence electrons. The van der Waals surface area contributed by atoms with E-state index < -0.39 is 0 Å². The van der Waals surface area contributed by atoms with Gasteiger partial charge < -0.3 is 15.0 Å². The Labute approximate surface area is 202 Å². The van der Waals surface area contributed by atoms with Crippen LogP contribution in [0.25, 0.3) is 11.1 Å². The van der Waals surface area contributed by atoms with Gasteiger partial charge in [-0.2, -0.15) is 0 Å². The van der Waals surface area contributed by atoms with Crippen LogP contribution in [0.3, 0.4) is 0 Å². The Hall–Kier alpha value is -3.00. The maximum Gasteiger partial charge on any atom is 0.213 e. The summed E-state index contributed by atoms with van der Waals surface area (Å²) in [6, 6.07) is 16.8. The fraction of sp³-hybridized carbons (Fsp3) is 0.407. The van der Waals surface area contributed by atoms with Crippen molar-refractivity contribution in [2.45, 2.75) is 13.0 Å². The average Bonchev–Trinajstić information content (AvgIpc) is 2.86. The van der Waals surface area contributed by atoms with Crippen molar-refractivity contribution < 1.29 is 4.74 Å². The molecule has 2 aromatic heterocycles. The fourth-order valence-corrected chi connectivity index (χ4v) is 4.57. The maximum atomic E-state index is 5.88. The van der Waals surface area contributed by atoms with Gasteiger partial charge in [0.05, 0.1) is 6.61 Å². The minimum Gasteiger partial charge on any atom is -0.478 e. The summed E-state index contributed by atoms with van der Waals surface area (Å²) in [5.74, 6) is 1.50. The molecule has 1 fully saturated rings. The van der Waals surface area contributed by atoms with Crippen LogP contribution >= 0.6 is 0 Å². The number of hydrogen-bond donors (Lipinski definition) is 1. The quantitative estimate of drug-likeness (QED) is 0.551. The van der Waals surface area contributed by atoms with E-state index in [2.05, 4.69) is 73.4 Å². The van der Waals surface area contributed by atoms with E-state index >= 15 is 0 Å². The first-order chi connectivity index (χ1) is 16.7. The van der Waals surface area contributed by atoms with Gasteiger partial charge in [-0.05, 0) is 54.9 Å². The zero-order valence-corrected chi connectivity index (χ0v) is 20.0. The Morgan fingerprint density at radius 2 is 1.68 bits per heavy atom. The highest BCUT2D eigenvalue weighted by atomic mass is 16.5. The van der Waals surface area contributed by atoms with Crippen LogP contribution in [-0.2, 0) is 6.54 Å². The van der Waals surface area contributed by atoms with Gasteiger partial charge in [0, 0.05) is 82.1 Å². The summed E-state index contributed by atoms with van der Waals surface area (Å²) in [6.07, 6.45) is 4.70. The number of anilines is 2. The van der Waals surface area contributed by atoms with Gasteiger partial charge in [0.2, 0.25) is 5.88 Å². The van der Waals surface area contributed by atoms with E-state index in [-0.39, 0.29) is 0 Å². The van der Waals surface area contributed by atoms with Crippen molar-refractivity contribution in [3.63, 3.8) is 0 Å². The lowest BCUT2D eigenvalue weighted by Gasteiger charge is -2.35. The molecular weight excluding hydrogens is 424 g/mol. The van der Waals surface area contributed by atoms with E-state index in [1.54, 1.807) is 0 Å². The van der Waals surface area contributed by atoms with Crippen LogP contribution in [-0.4, -0.2) is 84.1 Å². The van der Waals surface area contributed by atoms with Crippen molar-refractivity contribution in [3.8, 4) is 17.0 Å².